The topological polar surface area (TPSA) is 212 Å². The van der Waals surface area contributed by atoms with Crippen LogP contribution in [-0.4, -0.2) is 59.6 Å². The Hall–Kier alpha value is -12.2. The van der Waals surface area contributed by atoms with Gasteiger partial charge >= 0.3 is 12.4 Å². The van der Waals surface area contributed by atoms with E-state index in [2.05, 4.69) is 36.8 Å². The van der Waals surface area contributed by atoms with Gasteiger partial charge in [0.05, 0.1) is 67.3 Å². The van der Waals surface area contributed by atoms with Crippen LogP contribution < -0.4 is 39.9 Å². The molecule has 4 aliphatic rings. The highest BCUT2D eigenvalue weighted by atomic mass is 79.9. The van der Waals surface area contributed by atoms with Gasteiger partial charge in [0.15, 0.2) is 5.75 Å². The van der Waals surface area contributed by atoms with E-state index in [0.717, 1.165) is 49.4 Å². The summed E-state index contributed by atoms with van der Waals surface area (Å²) in [5.41, 5.74) is -3.11. The Kier molecular flexibility index (Phi) is 16.1. The van der Waals surface area contributed by atoms with Crippen LogP contribution >= 0.6 is 31.9 Å². The number of ether oxygens (including phenoxy) is 2. The van der Waals surface area contributed by atoms with Crippen LogP contribution in [0.3, 0.4) is 0 Å². The van der Waals surface area contributed by atoms with E-state index in [1.54, 1.807) is 48.5 Å². The van der Waals surface area contributed by atoms with Crippen molar-refractivity contribution in [3.63, 3.8) is 0 Å². The van der Waals surface area contributed by atoms with Gasteiger partial charge < -0.3 is 14.4 Å². The number of hydrogen-bond donors (Lipinski definition) is 1. The quantitative estimate of drug-likeness (QED) is 0.0438. The molecule has 0 saturated carbocycles. The second kappa shape index (κ2) is 24.9. The normalized spacial score (nSPS) is 14.2. The summed E-state index contributed by atoms with van der Waals surface area (Å²) in [5.74, 6) is -0.427. The molecule has 0 atom stereocenters. The lowest BCUT2D eigenvalue weighted by atomic mass is 9.73. The Morgan fingerprint density at radius 1 is 0.314 bits per heavy atom. The molecule has 25 heteroatoms. The number of nitrogens with zero attached hydrogens (tertiary/aromatic N) is 4. The van der Waals surface area contributed by atoms with Crippen LogP contribution in [0.5, 0.6) is 28.7 Å². The standard InChI is InChI=1S/C77H41Br2F6N5O12/c78-61-38-51(101-102-86)39-62(79)66(61)90-70(94)58-14-7-12-54(65(58)74(90)98)41-16-34-55-59(36-41)71(95)87(67(55)91)45-22-30-49(31-23-45)99-47-26-18-43(19-27-47)75(76(80,81)82,77(83,84)85)44-20-28-48(29-21-44)100-50-32-24-46(25-33-50)88-69(93)57-13-6-11-53(64(57)73(88)97)42-17-35-56-60(37-42)72(96)89(68(56)92)63-15-5-4-10-52(63)40-8-2-1-3-9-40/h1-39H,86H2. The summed E-state index contributed by atoms with van der Waals surface area (Å²) in [6.45, 7) is 0. The molecule has 17 nitrogen and oxygen atoms in total. The lowest BCUT2D eigenvalue weighted by molar-refractivity contribution is -0.288. The van der Waals surface area contributed by atoms with Crippen LogP contribution in [0, 0.1) is 0 Å². The third kappa shape index (κ3) is 10.6. The Balaban J connectivity index is 0.615. The summed E-state index contributed by atoms with van der Waals surface area (Å²) in [5, 5.41) is 0. The molecule has 11 aromatic carbocycles. The minimum atomic E-state index is -5.97. The van der Waals surface area contributed by atoms with E-state index in [0.29, 0.717) is 52.2 Å². The number of carbonyl (C=O) groups excluding carboxylic acids is 8. The molecule has 0 bridgehead atoms. The van der Waals surface area contributed by atoms with Crippen molar-refractivity contribution in [3.8, 4) is 62.1 Å². The molecule has 15 rings (SSSR count). The number of halogens is 8. The fourth-order valence-electron chi connectivity index (χ4n) is 13.3. The molecule has 11 aromatic rings. The lowest BCUT2D eigenvalue weighted by Gasteiger charge is -2.38. The average Bonchev–Trinajstić information content (AvgIpc) is 1.06. The maximum absolute atomic E-state index is 15.4. The van der Waals surface area contributed by atoms with Crippen molar-refractivity contribution in [2.45, 2.75) is 17.8 Å². The zero-order valence-electron chi connectivity index (χ0n) is 51.8. The van der Waals surface area contributed by atoms with E-state index in [1.165, 1.54) is 103 Å². The number of alkyl halides is 6. The molecular weight excluding hydrogens is 1460 g/mol. The molecule has 0 unspecified atom stereocenters. The van der Waals surface area contributed by atoms with Gasteiger partial charge in [0.1, 0.15) is 23.0 Å². The first-order valence-electron chi connectivity index (χ1n) is 30.6. The fourth-order valence-corrected chi connectivity index (χ4v) is 14.8. The highest BCUT2D eigenvalue weighted by Gasteiger charge is 2.72. The lowest BCUT2D eigenvalue weighted by Crippen LogP contribution is -2.54. The van der Waals surface area contributed by atoms with Crippen LogP contribution in [0.1, 0.15) is 94.0 Å². The first-order chi connectivity index (χ1) is 49.0. The third-order valence-corrected chi connectivity index (χ3v) is 19.1. The predicted octanol–water partition coefficient (Wildman–Crippen LogP) is 17.6. The number of nitrogens with two attached hydrogens (primary N) is 1. The molecule has 0 spiro atoms. The third-order valence-electron chi connectivity index (χ3n) is 17.9. The number of para-hydroxylation sites is 1. The van der Waals surface area contributed by atoms with Crippen molar-refractivity contribution in [2.24, 2.45) is 5.90 Å². The van der Waals surface area contributed by atoms with Gasteiger partial charge in [0, 0.05) is 26.6 Å². The van der Waals surface area contributed by atoms with Crippen LogP contribution in [0.4, 0.5) is 49.1 Å². The Morgan fingerprint density at radius 2 is 0.686 bits per heavy atom. The Morgan fingerprint density at radius 3 is 1.16 bits per heavy atom. The maximum atomic E-state index is 15.4. The SMILES string of the molecule is NOOc1cc(Br)c(N2C(=O)c3cccc(-c4ccc5c(c4)C(=O)N(c4ccc(Oc6ccc(C(c7ccc(Oc8ccc(N9C(=O)c%10cccc(-c%11ccc%12c(c%11)C(=O)N(c%11ccccc%11-c%11ccccc%11)C%12=O)c%10C9=O)cc8)cc7)(C(F)(F)F)C(F)(F)F)cc6)cc4)C5=O)c3C2=O)c(Br)c1. The van der Waals surface area contributed by atoms with Gasteiger partial charge in [-0.2, -0.15) is 32.2 Å². The van der Waals surface area contributed by atoms with Crippen molar-refractivity contribution < 1.29 is 84.0 Å². The van der Waals surface area contributed by atoms with Crippen molar-refractivity contribution >= 4 is 102 Å². The van der Waals surface area contributed by atoms with E-state index < -0.39 is 76.2 Å². The number of rotatable bonds is 15. The number of carbonyl (C=O) groups is 8. The van der Waals surface area contributed by atoms with Crippen LogP contribution in [0.15, 0.2) is 246 Å². The van der Waals surface area contributed by atoms with Crippen molar-refractivity contribution in [3.05, 3.63) is 301 Å². The summed E-state index contributed by atoms with van der Waals surface area (Å²) in [4.78, 5) is 125. The Labute approximate surface area is 589 Å². The molecule has 0 aliphatic carbocycles. The van der Waals surface area contributed by atoms with E-state index in [9.17, 15) is 38.4 Å². The van der Waals surface area contributed by atoms with Gasteiger partial charge in [-0.1, -0.05) is 114 Å². The van der Waals surface area contributed by atoms with Crippen molar-refractivity contribution in [1.82, 2.24) is 0 Å². The molecule has 102 heavy (non-hydrogen) atoms. The molecule has 0 aromatic heterocycles. The minimum Gasteiger partial charge on any atom is -0.457 e. The number of hydrogen-bond acceptors (Lipinski definition) is 13. The van der Waals surface area contributed by atoms with Crippen molar-refractivity contribution in [2.75, 3.05) is 19.6 Å². The summed E-state index contributed by atoms with van der Waals surface area (Å²) in [6.07, 6.45) is -11.9. The second-order valence-corrected chi connectivity index (χ2v) is 25.3. The summed E-state index contributed by atoms with van der Waals surface area (Å²) >= 11 is 6.74. The summed E-state index contributed by atoms with van der Waals surface area (Å²) < 4.78 is 105. The van der Waals surface area contributed by atoms with E-state index >= 15 is 26.3 Å². The first-order valence-corrected chi connectivity index (χ1v) is 32.2. The van der Waals surface area contributed by atoms with Crippen LogP contribution in [0.25, 0.3) is 33.4 Å². The molecule has 0 fully saturated rings. The van der Waals surface area contributed by atoms with Gasteiger partial charge in [-0.25, -0.2) is 19.6 Å². The summed E-state index contributed by atoms with van der Waals surface area (Å²) in [6, 6.07) is 54.4. The summed E-state index contributed by atoms with van der Waals surface area (Å²) in [7, 11) is 0. The predicted molar refractivity (Wildman–Crippen MR) is 367 cm³/mol. The van der Waals surface area contributed by atoms with Gasteiger partial charge in [0.25, 0.3) is 47.3 Å². The average molecular weight is 1500 g/mol. The number of amides is 8. The number of imide groups is 4. The van der Waals surface area contributed by atoms with Crippen LogP contribution in [-0.2, 0) is 10.4 Å². The zero-order valence-corrected chi connectivity index (χ0v) is 55.0. The Bertz CT molecular complexity index is 5410. The number of anilines is 4. The minimum absolute atomic E-state index is 0.0202. The van der Waals surface area contributed by atoms with Gasteiger partial charge in [0.2, 0.25) is 5.41 Å². The highest BCUT2D eigenvalue weighted by Crippen LogP contribution is 2.57. The smallest absolute Gasteiger partial charge is 0.411 e. The molecule has 502 valence electrons. The van der Waals surface area contributed by atoms with E-state index in [-0.39, 0.29) is 105 Å². The van der Waals surface area contributed by atoms with E-state index in [1.807, 2.05) is 36.4 Å². The molecule has 4 heterocycles. The number of benzene rings is 11. The van der Waals surface area contributed by atoms with E-state index in [4.69, 9.17) is 20.3 Å². The molecule has 4 aliphatic heterocycles. The largest absolute Gasteiger partial charge is 0.457 e. The van der Waals surface area contributed by atoms with Crippen LogP contribution in [0.2, 0.25) is 0 Å². The van der Waals surface area contributed by atoms with Gasteiger partial charge in [-0.05, 0) is 186 Å². The zero-order chi connectivity index (χ0) is 71.4. The monoisotopic (exact) mass is 1500 g/mol. The highest BCUT2D eigenvalue weighted by molar-refractivity contribution is 9.11. The molecule has 0 saturated heterocycles. The fraction of sp³-hybridized carbons (Fsp3) is 0.0390. The maximum Gasteiger partial charge on any atom is 0.411 e. The molecule has 0 radical (unpaired) electrons. The van der Waals surface area contributed by atoms with Gasteiger partial charge in [-0.15, -0.1) is 0 Å². The van der Waals surface area contributed by atoms with Crippen molar-refractivity contribution in [1.29, 1.82) is 0 Å². The second-order valence-electron chi connectivity index (χ2n) is 23.5. The first kappa shape index (κ1) is 65.8. The molecule has 8 amide bonds. The molecule has 2 N–H and O–H groups in total. The number of fused-ring (bicyclic) bond motifs is 4. The molecular formula is C77H41Br2F6N5O12. The van der Waals surface area contributed by atoms with Gasteiger partial charge in [-0.3, -0.25) is 38.4 Å².